The van der Waals surface area contributed by atoms with Gasteiger partial charge in [0.15, 0.2) is 11.5 Å². The number of nitrogens with one attached hydrogen (secondary N) is 1. The normalized spacial score (nSPS) is 14.3. The maximum absolute atomic E-state index is 12.7. The van der Waals surface area contributed by atoms with Crippen molar-refractivity contribution in [3.63, 3.8) is 0 Å². The van der Waals surface area contributed by atoms with Crippen molar-refractivity contribution in [3.05, 3.63) is 46.9 Å². The minimum Gasteiger partial charge on any atom is -0.486 e. The Morgan fingerprint density at radius 2 is 1.74 bits per heavy atom. The second-order valence-corrected chi connectivity index (χ2v) is 8.83. The molecule has 3 rings (SSSR count). The largest absolute Gasteiger partial charge is 0.486 e. The molecule has 9 heteroatoms. The highest BCUT2D eigenvalue weighted by Gasteiger charge is 2.30. The predicted octanol–water partition coefficient (Wildman–Crippen LogP) is 3.01. The SMILES string of the molecule is C[C@@H](C(=O)Nc1ccc(Br)cc1)N(c1ccc2c(c1)OCCO2)S(C)(=O)=O. The fourth-order valence-electron chi connectivity index (χ4n) is 2.76. The van der Waals surface area contributed by atoms with Crippen LogP contribution in [0.4, 0.5) is 11.4 Å². The first-order valence-corrected chi connectivity index (χ1v) is 10.9. The van der Waals surface area contributed by atoms with Gasteiger partial charge >= 0.3 is 0 Å². The summed E-state index contributed by atoms with van der Waals surface area (Å²) in [6.45, 7) is 2.36. The van der Waals surface area contributed by atoms with Crippen molar-refractivity contribution in [3.8, 4) is 11.5 Å². The first kappa shape index (κ1) is 19.5. The molecule has 0 aromatic heterocycles. The van der Waals surface area contributed by atoms with Crippen molar-refractivity contribution in [2.45, 2.75) is 13.0 Å². The number of carbonyl (C=O) groups excluding carboxylic acids is 1. The number of hydrogen-bond donors (Lipinski definition) is 1. The molecule has 0 bridgehead atoms. The number of amides is 1. The average Bonchev–Trinajstić information content (AvgIpc) is 2.62. The molecule has 1 heterocycles. The molecule has 0 saturated carbocycles. The molecule has 7 nitrogen and oxygen atoms in total. The van der Waals surface area contributed by atoms with Gasteiger partial charge in [-0.05, 0) is 43.3 Å². The molecule has 1 aliphatic rings. The number of ether oxygens (including phenoxy) is 2. The molecular weight excluding hydrogens is 436 g/mol. The Kier molecular flexibility index (Phi) is 5.61. The van der Waals surface area contributed by atoms with Crippen LogP contribution < -0.4 is 19.1 Å². The number of hydrogen-bond acceptors (Lipinski definition) is 5. The lowest BCUT2D eigenvalue weighted by molar-refractivity contribution is -0.116. The third kappa shape index (κ3) is 4.54. The molecule has 1 aliphatic heterocycles. The first-order chi connectivity index (χ1) is 12.8. The number of rotatable bonds is 5. The molecule has 0 aliphatic carbocycles. The Bertz CT molecular complexity index is 947. The Morgan fingerprint density at radius 1 is 1.11 bits per heavy atom. The van der Waals surface area contributed by atoms with E-state index in [9.17, 15) is 13.2 Å². The Balaban J connectivity index is 1.88. The monoisotopic (exact) mass is 454 g/mol. The van der Waals surface area contributed by atoms with E-state index in [1.165, 1.54) is 6.92 Å². The van der Waals surface area contributed by atoms with Gasteiger partial charge in [0.1, 0.15) is 19.3 Å². The second-order valence-electron chi connectivity index (χ2n) is 6.06. The summed E-state index contributed by atoms with van der Waals surface area (Å²) in [6.07, 6.45) is 1.06. The molecule has 0 spiro atoms. The molecule has 0 radical (unpaired) electrons. The van der Waals surface area contributed by atoms with Gasteiger partial charge in [-0.2, -0.15) is 0 Å². The van der Waals surface area contributed by atoms with Crippen molar-refractivity contribution < 1.29 is 22.7 Å². The van der Waals surface area contributed by atoms with Gasteiger partial charge in [0.25, 0.3) is 0 Å². The predicted molar refractivity (Wildman–Crippen MR) is 107 cm³/mol. The summed E-state index contributed by atoms with van der Waals surface area (Å²) < 4.78 is 37.8. The molecule has 0 saturated heterocycles. The van der Waals surface area contributed by atoms with Gasteiger partial charge in [-0.3, -0.25) is 9.10 Å². The van der Waals surface area contributed by atoms with Gasteiger partial charge in [-0.1, -0.05) is 15.9 Å². The number of benzene rings is 2. The molecule has 27 heavy (non-hydrogen) atoms. The van der Waals surface area contributed by atoms with E-state index in [1.54, 1.807) is 42.5 Å². The first-order valence-electron chi connectivity index (χ1n) is 8.21. The number of nitrogens with zero attached hydrogens (tertiary/aromatic N) is 1. The summed E-state index contributed by atoms with van der Waals surface area (Å²) in [6, 6.07) is 10.9. The maximum Gasteiger partial charge on any atom is 0.247 e. The highest BCUT2D eigenvalue weighted by Crippen LogP contribution is 2.35. The van der Waals surface area contributed by atoms with Crippen molar-refractivity contribution in [1.82, 2.24) is 0 Å². The Morgan fingerprint density at radius 3 is 2.37 bits per heavy atom. The fourth-order valence-corrected chi connectivity index (χ4v) is 4.19. The van der Waals surface area contributed by atoms with E-state index in [0.717, 1.165) is 15.0 Å². The smallest absolute Gasteiger partial charge is 0.247 e. The van der Waals surface area contributed by atoms with Gasteiger partial charge in [0.2, 0.25) is 15.9 Å². The molecule has 0 unspecified atom stereocenters. The zero-order chi connectivity index (χ0) is 19.6. The highest BCUT2D eigenvalue weighted by molar-refractivity contribution is 9.10. The number of anilines is 2. The van der Waals surface area contributed by atoms with Gasteiger partial charge in [-0.15, -0.1) is 0 Å². The van der Waals surface area contributed by atoms with E-state index in [4.69, 9.17) is 9.47 Å². The molecule has 2 aromatic rings. The van der Waals surface area contributed by atoms with E-state index >= 15 is 0 Å². The molecule has 2 aromatic carbocycles. The van der Waals surface area contributed by atoms with Crippen molar-refractivity contribution in [1.29, 1.82) is 0 Å². The van der Waals surface area contributed by atoms with Gasteiger partial charge in [0, 0.05) is 16.2 Å². The third-order valence-electron chi connectivity index (χ3n) is 3.98. The van der Waals surface area contributed by atoms with Gasteiger partial charge < -0.3 is 14.8 Å². The lowest BCUT2D eigenvalue weighted by Crippen LogP contribution is -2.45. The van der Waals surface area contributed by atoms with Crippen LogP contribution in [0.15, 0.2) is 46.9 Å². The minimum atomic E-state index is -3.72. The van der Waals surface area contributed by atoms with E-state index < -0.39 is 22.0 Å². The summed E-state index contributed by atoms with van der Waals surface area (Å²) in [4.78, 5) is 12.7. The summed E-state index contributed by atoms with van der Waals surface area (Å²) in [5.41, 5.74) is 0.908. The number of sulfonamides is 1. The molecule has 144 valence electrons. The molecule has 1 N–H and O–H groups in total. The fraction of sp³-hybridized carbons (Fsp3) is 0.278. The Labute approximate surface area is 166 Å². The zero-order valence-electron chi connectivity index (χ0n) is 14.8. The lowest BCUT2D eigenvalue weighted by Gasteiger charge is -2.29. The minimum absolute atomic E-state index is 0.334. The zero-order valence-corrected chi connectivity index (χ0v) is 17.2. The van der Waals surface area contributed by atoms with Crippen LogP contribution >= 0.6 is 15.9 Å². The van der Waals surface area contributed by atoms with Crippen LogP contribution in [0, 0.1) is 0 Å². The summed E-state index contributed by atoms with van der Waals surface area (Å²) >= 11 is 3.33. The average molecular weight is 455 g/mol. The second kappa shape index (κ2) is 7.77. The molecular formula is C18H19BrN2O5S. The van der Waals surface area contributed by atoms with Crippen molar-refractivity contribution >= 4 is 43.2 Å². The highest BCUT2D eigenvalue weighted by atomic mass is 79.9. The quantitative estimate of drug-likeness (QED) is 0.750. The van der Waals surface area contributed by atoms with Crippen molar-refractivity contribution in [2.24, 2.45) is 0 Å². The molecule has 1 amide bonds. The molecule has 0 fully saturated rings. The summed E-state index contributed by atoms with van der Waals surface area (Å²) in [5, 5.41) is 2.73. The van der Waals surface area contributed by atoms with Crippen LogP contribution in [0.25, 0.3) is 0 Å². The number of halogens is 1. The lowest BCUT2D eigenvalue weighted by atomic mass is 10.2. The maximum atomic E-state index is 12.7. The Hall–Kier alpha value is -2.26. The van der Waals surface area contributed by atoms with E-state index in [1.807, 2.05) is 0 Å². The van der Waals surface area contributed by atoms with Crippen LogP contribution in [0.3, 0.4) is 0 Å². The van der Waals surface area contributed by atoms with Crippen LogP contribution in [-0.4, -0.2) is 39.8 Å². The number of fused-ring (bicyclic) bond motifs is 1. The molecule has 1 atom stereocenters. The van der Waals surface area contributed by atoms with E-state index in [-0.39, 0.29) is 0 Å². The third-order valence-corrected chi connectivity index (χ3v) is 5.75. The topological polar surface area (TPSA) is 84.9 Å². The van der Waals surface area contributed by atoms with Crippen molar-refractivity contribution in [2.75, 3.05) is 29.1 Å². The van der Waals surface area contributed by atoms with Crippen LogP contribution in [-0.2, 0) is 14.8 Å². The van der Waals surface area contributed by atoms with E-state index in [2.05, 4.69) is 21.2 Å². The summed E-state index contributed by atoms with van der Waals surface area (Å²) in [7, 11) is -3.72. The van der Waals surface area contributed by atoms with Gasteiger partial charge in [-0.25, -0.2) is 8.42 Å². The van der Waals surface area contributed by atoms with Crippen LogP contribution in [0.2, 0.25) is 0 Å². The standard InChI is InChI=1S/C18H19BrN2O5S/c1-12(18(22)20-14-5-3-13(19)4-6-14)21(27(2,23)24)15-7-8-16-17(11-15)26-10-9-25-16/h3-8,11-12H,9-10H2,1-2H3,(H,20,22)/t12-/m0/s1. The van der Waals surface area contributed by atoms with Crippen LogP contribution in [0.5, 0.6) is 11.5 Å². The van der Waals surface area contributed by atoms with Gasteiger partial charge in [0.05, 0.1) is 11.9 Å². The van der Waals surface area contributed by atoms with Crippen LogP contribution in [0.1, 0.15) is 6.92 Å². The summed E-state index contributed by atoms with van der Waals surface area (Å²) in [5.74, 6) is 0.552. The van der Waals surface area contributed by atoms with E-state index in [0.29, 0.717) is 36.1 Å². The number of carbonyl (C=O) groups is 1.